The Morgan fingerprint density at radius 2 is 1.12 bits per heavy atom. The lowest BCUT2D eigenvalue weighted by Crippen LogP contribution is -2.31. The third-order valence-corrected chi connectivity index (χ3v) is 6.00. The number of hydrogen-bond acceptors (Lipinski definition) is 4. The lowest BCUT2D eigenvalue weighted by molar-refractivity contribution is -0.162. The molecule has 3 aliphatic rings. The highest BCUT2D eigenvalue weighted by atomic mass is 16.7. The SMILES string of the molecule is O=C(OC1CCC(OCOC2CCCCC2)CC1)C1CCCCC1. The molecule has 0 aromatic rings. The molecule has 3 saturated carbocycles. The zero-order valence-electron chi connectivity index (χ0n) is 15.0. The van der Waals surface area contributed by atoms with Crippen LogP contribution in [0.2, 0.25) is 0 Å². The molecular formula is C20H34O4. The van der Waals surface area contributed by atoms with E-state index in [2.05, 4.69) is 0 Å². The highest BCUT2D eigenvalue weighted by Crippen LogP contribution is 2.29. The summed E-state index contributed by atoms with van der Waals surface area (Å²) in [7, 11) is 0. The van der Waals surface area contributed by atoms with Gasteiger partial charge in [-0.25, -0.2) is 0 Å². The topological polar surface area (TPSA) is 44.8 Å². The molecule has 0 spiro atoms. The first-order chi connectivity index (χ1) is 11.8. The van der Waals surface area contributed by atoms with Crippen LogP contribution in [0.15, 0.2) is 0 Å². The first-order valence-corrected chi connectivity index (χ1v) is 10.2. The van der Waals surface area contributed by atoms with Gasteiger partial charge in [-0.2, -0.15) is 0 Å². The Kier molecular flexibility index (Phi) is 7.40. The monoisotopic (exact) mass is 338 g/mol. The Morgan fingerprint density at radius 3 is 1.75 bits per heavy atom. The Balaban J connectivity index is 1.27. The summed E-state index contributed by atoms with van der Waals surface area (Å²) >= 11 is 0. The van der Waals surface area contributed by atoms with Crippen molar-refractivity contribution in [3.63, 3.8) is 0 Å². The Bertz CT molecular complexity index is 364. The number of esters is 1. The van der Waals surface area contributed by atoms with Crippen molar-refractivity contribution in [2.75, 3.05) is 6.79 Å². The van der Waals surface area contributed by atoms with Crippen LogP contribution >= 0.6 is 0 Å². The first kappa shape index (κ1) is 18.2. The zero-order chi connectivity index (χ0) is 16.6. The summed E-state index contributed by atoms with van der Waals surface area (Å²) in [6.45, 7) is 0.432. The fourth-order valence-electron chi connectivity index (χ4n) is 4.38. The smallest absolute Gasteiger partial charge is 0.309 e. The van der Waals surface area contributed by atoms with Gasteiger partial charge in [0, 0.05) is 0 Å². The van der Waals surface area contributed by atoms with Crippen LogP contribution in [-0.2, 0) is 19.0 Å². The summed E-state index contributed by atoms with van der Waals surface area (Å²) in [6, 6.07) is 0. The predicted octanol–water partition coefficient (Wildman–Crippen LogP) is 4.74. The summed E-state index contributed by atoms with van der Waals surface area (Å²) in [6.07, 6.45) is 16.6. The maximum Gasteiger partial charge on any atom is 0.309 e. The molecule has 0 heterocycles. The van der Waals surface area contributed by atoms with Crippen molar-refractivity contribution in [3.05, 3.63) is 0 Å². The molecule has 0 radical (unpaired) electrons. The van der Waals surface area contributed by atoms with Crippen LogP contribution < -0.4 is 0 Å². The van der Waals surface area contributed by atoms with Gasteiger partial charge in [-0.05, 0) is 51.4 Å². The number of carbonyl (C=O) groups is 1. The van der Waals surface area contributed by atoms with Gasteiger partial charge in [0.15, 0.2) is 0 Å². The van der Waals surface area contributed by atoms with Gasteiger partial charge in [0.2, 0.25) is 0 Å². The van der Waals surface area contributed by atoms with E-state index in [1.54, 1.807) is 0 Å². The first-order valence-electron chi connectivity index (χ1n) is 10.2. The molecular weight excluding hydrogens is 304 g/mol. The second-order valence-corrected chi connectivity index (χ2v) is 7.88. The summed E-state index contributed by atoms with van der Waals surface area (Å²) in [5, 5.41) is 0. The summed E-state index contributed by atoms with van der Waals surface area (Å²) < 4.78 is 17.5. The van der Waals surface area contributed by atoms with E-state index in [4.69, 9.17) is 14.2 Å². The summed E-state index contributed by atoms with van der Waals surface area (Å²) in [4.78, 5) is 12.2. The average molecular weight is 338 g/mol. The lowest BCUT2D eigenvalue weighted by Gasteiger charge is -2.30. The largest absolute Gasteiger partial charge is 0.462 e. The van der Waals surface area contributed by atoms with Gasteiger partial charge in [-0.1, -0.05) is 38.5 Å². The van der Waals surface area contributed by atoms with Crippen molar-refractivity contribution >= 4 is 5.97 Å². The fraction of sp³-hybridized carbons (Fsp3) is 0.950. The van der Waals surface area contributed by atoms with Crippen LogP contribution in [0.3, 0.4) is 0 Å². The van der Waals surface area contributed by atoms with Crippen LogP contribution in [0.1, 0.15) is 89.9 Å². The molecule has 0 aliphatic heterocycles. The van der Waals surface area contributed by atoms with Crippen molar-refractivity contribution in [2.24, 2.45) is 5.92 Å². The highest BCUT2D eigenvalue weighted by Gasteiger charge is 2.28. The lowest BCUT2D eigenvalue weighted by atomic mass is 9.89. The molecule has 0 atom stereocenters. The predicted molar refractivity (Wildman–Crippen MR) is 92.6 cm³/mol. The van der Waals surface area contributed by atoms with E-state index in [1.165, 1.54) is 51.4 Å². The molecule has 0 aromatic carbocycles. The molecule has 0 saturated heterocycles. The van der Waals surface area contributed by atoms with E-state index >= 15 is 0 Å². The molecule has 0 aromatic heterocycles. The van der Waals surface area contributed by atoms with Gasteiger partial charge in [0.1, 0.15) is 12.9 Å². The van der Waals surface area contributed by atoms with Crippen molar-refractivity contribution < 1.29 is 19.0 Å². The van der Waals surface area contributed by atoms with Gasteiger partial charge in [0.05, 0.1) is 18.1 Å². The van der Waals surface area contributed by atoms with Gasteiger partial charge in [-0.15, -0.1) is 0 Å². The second kappa shape index (κ2) is 9.76. The van der Waals surface area contributed by atoms with Crippen molar-refractivity contribution in [1.82, 2.24) is 0 Å². The Hall–Kier alpha value is -0.610. The highest BCUT2D eigenvalue weighted by molar-refractivity contribution is 5.72. The molecule has 24 heavy (non-hydrogen) atoms. The Morgan fingerprint density at radius 1 is 0.625 bits per heavy atom. The second-order valence-electron chi connectivity index (χ2n) is 7.88. The van der Waals surface area contributed by atoms with E-state index < -0.39 is 0 Å². The van der Waals surface area contributed by atoms with Crippen LogP contribution in [0, 0.1) is 5.92 Å². The maximum absolute atomic E-state index is 12.2. The minimum Gasteiger partial charge on any atom is -0.462 e. The molecule has 0 unspecified atom stereocenters. The fourth-order valence-corrected chi connectivity index (χ4v) is 4.38. The van der Waals surface area contributed by atoms with E-state index in [9.17, 15) is 4.79 Å². The van der Waals surface area contributed by atoms with Gasteiger partial charge < -0.3 is 14.2 Å². The van der Waals surface area contributed by atoms with E-state index in [1.807, 2.05) is 0 Å². The van der Waals surface area contributed by atoms with Crippen molar-refractivity contribution in [2.45, 2.75) is 108 Å². The summed E-state index contributed by atoms with van der Waals surface area (Å²) in [5.74, 6) is 0.219. The molecule has 3 fully saturated rings. The molecule has 4 heteroatoms. The van der Waals surface area contributed by atoms with Crippen LogP contribution in [0.25, 0.3) is 0 Å². The minimum absolute atomic E-state index is 0.0553. The molecule has 3 aliphatic carbocycles. The maximum atomic E-state index is 12.2. The third-order valence-electron chi connectivity index (χ3n) is 6.00. The average Bonchev–Trinajstić information content (AvgIpc) is 2.65. The van der Waals surface area contributed by atoms with E-state index in [-0.39, 0.29) is 24.1 Å². The van der Waals surface area contributed by atoms with Crippen molar-refractivity contribution in [3.8, 4) is 0 Å². The van der Waals surface area contributed by atoms with Crippen molar-refractivity contribution in [1.29, 1.82) is 0 Å². The standard InChI is InChI=1S/C20H34O4/c21-20(16-7-3-1-4-8-16)24-19-13-11-18(12-14-19)23-15-22-17-9-5-2-6-10-17/h16-19H,1-15H2. The summed E-state index contributed by atoms with van der Waals surface area (Å²) in [5.41, 5.74) is 0. The normalized spacial score (nSPS) is 30.2. The molecule has 138 valence electrons. The van der Waals surface area contributed by atoms with E-state index in [0.717, 1.165) is 38.5 Å². The molecule has 4 nitrogen and oxygen atoms in total. The quantitative estimate of drug-likeness (QED) is 0.518. The number of carbonyl (C=O) groups excluding carboxylic acids is 1. The Labute approximate surface area is 146 Å². The molecule has 0 bridgehead atoms. The zero-order valence-corrected chi connectivity index (χ0v) is 15.0. The van der Waals surface area contributed by atoms with Gasteiger partial charge >= 0.3 is 5.97 Å². The van der Waals surface area contributed by atoms with Crippen LogP contribution in [0.4, 0.5) is 0 Å². The molecule has 0 N–H and O–H groups in total. The number of rotatable bonds is 6. The third kappa shape index (κ3) is 5.73. The minimum atomic E-state index is 0.0553. The van der Waals surface area contributed by atoms with Crippen LogP contribution in [0.5, 0.6) is 0 Å². The number of hydrogen-bond donors (Lipinski definition) is 0. The van der Waals surface area contributed by atoms with Gasteiger partial charge in [-0.3, -0.25) is 4.79 Å². The number of ether oxygens (including phenoxy) is 3. The van der Waals surface area contributed by atoms with Gasteiger partial charge in [0.25, 0.3) is 0 Å². The molecule has 3 rings (SSSR count). The van der Waals surface area contributed by atoms with E-state index in [0.29, 0.717) is 12.9 Å². The van der Waals surface area contributed by atoms with Crippen LogP contribution in [-0.4, -0.2) is 31.1 Å². The molecule has 0 amide bonds.